The highest BCUT2D eigenvalue weighted by Crippen LogP contribution is 2.17. The molecule has 0 heterocycles. The predicted molar refractivity (Wildman–Crippen MR) is 103 cm³/mol. The van der Waals surface area contributed by atoms with Gasteiger partial charge in [0.1, 0.15) is 0 Å². The largest absolute Gasteiger partial charge is 0.348 e. The number of benzene rings is 1. The number of rotatable bonds is 7. The van der Waals surface area contributed by atoms with Crippen molar-refractivity contribution in [2.24, 2.45) is 11.0 Å². The van der Waals surface area contributed by atoms with Gasteiger partial charge in [0.05, 0.1) is 6.42 Å². The van der Waals surface area contributed by atoms with Gasteiger partial charge in [0.25, 0.3) is 0 Å². The Bertz CT molecular complexity index is 664. The average molecular weight is 360 g/mol. The zero-order valence-electron chi connectivity index (χ0n) is 16.1. The summed E-state index contributed by atoms with van der Waals surface area (Å²) in [5.41, 5.74) is 4.44. The Morgan fingerprint density at radius 3 is 2.15 bits per heavy atom. The number of nitrogens with zero attached hydrogens (tertiary/aromatic N) is 1. The lowest BCUT2D eigenvalue weighted by molar-refractivity contribution is -0.139. The zero-order chi connectivity index (χ0) is 19.7. The molecule has 1 aromatic rings. The number of hydrazone groups is 1. The Balaban J connectivity index is 2.46. The van der Waals surface area contributed by atoms with Crippen molar-refractivity contribution in [2.45, 2.75) is 47.0 Å². The van der Waals surface area contributed by atoms with Gasteiger partial charge < -0.3 is 10.6 Å². The van der Waals surface area contributed by atoms with Crippen molar-refractivity contribution in [3.05, 3.63) is 29.8 Å². The topological polar surface area (TPSA) is 99.7 Å². The van der Waals surface area contributed by atoms with Gasteiger partial charge in [0, 0.05) is 17.9 Å². The lowest BCUT2D eigenvalue weighted by atomic mass is 10.0. The van der Waals surface area contributed by atoms with Crippen LogP contribution < -0.4 is 16.1 Å². The summed E-state index contributed by atoms with van der Waals surface area (Å²) in [5, 5.41) is 9.05. The maximum atomic E-state index is 12.0. The first kappa shape index (κ1) is 21.3. The molecule has 0 saturated heterocycles. The van der Waals surface area contributed by atoms with Crippen LogP contribution in [-0.4, -0.2) is 30.0 Å². The average Bonchev–Trinajstić information content (AvgIpc) is 2.57. The molecule has 7 nitrogen and oxygen atoms in total. The lowest BCUT2D eigenvalue weighted by Crippen LogP contribution is -2.39. The van der Waals surface area contributed by atoms with Crippen molar-refractivity contribution in [3.63, 3.8) is 0 Å². The molecule has 3 N–H and O–H groups in total. The molecule has 1 aromatic carbocycles. The van der Waals surface area contributed by atoms with Crippen molar-refractivity contribution >= 4 is 29.1 Å². The Morgan fingerprint density at radius 2 is 1.62 bits per heavy atom. The van der Waals surface area contributed by atoms with Crippen molar-refractivity contribution in [1.29, 1.82) is 0 Å². The molecule has 0 aliphatic rings. The molecule has 0 atom stereocenters. The van der Waals surface area contributed by atoms with Crippen molar-refractivity contribution < 1.29 is 14.4 Å². The first-order valence-corrected chi connectivity index (χ1v) is 8.70. The van der Waals surface area contributed by atoms with Crippen LogP contribution in [0.5, 0.6) is 0 Å². The van der Waals surface area contributed by atoms with Gasteiger partial charge in [-0.05, 0) is 36.5 Å². The van der Waals surface area contributed by atoms with E-state index < -0.39 is 11.8 Å². The molecule has 0 bridgehead atoms. The fourth-order valence-electron chi connectivity index (χ4n) is 2.00. The summed E-state index contributed by atoms with van der Waals surface area (Å²) in [5.74, 6) is -1.17. The molecule has 3 amide bonds. The van der Waals surface area contributed by atoms with Crippen LogP contribution in [0.1, 0.15) is 52.5 Å². The van der Waals surface area contributed by atoms with Gasteiger partial charge in [0.2, 0.25) is 5.91 Å². The molecule has 0 aliphatic heterocycles. The first-order valence-electron chi connectivity index (χ1n) is 8.70. The van der Waals surface area contributed by atoms with Crippen LogP contribution in [0, 0.1) is 5.92 Å². The Morgan fingerprint density at radius 1 is 1.00 bits per heavy atom. The maximum absolute atomic E-state index is 12.0. The highest BCUT2D eigenvalue weighted by atomic mass is 16.2. The van der Waals surface area contributed by atoms with Crippen LogP contribution in [0.3, 0.4) is 0 Å². The fourth-order valence-corrected chi connectivity index (χ4v) is 2.00. The van der Waals surface area contributed by atoms with Crippen LogP contribution in [-0.2, 0) is 14.4 Å². The minimum absolute atomic E-state index is 0.0137. The van der Waals surface area contributed by atoms with E-state index in [1.54, 1.807) is 6.92 Å². The third-order valence-electron chi connectivity index (χ3n) is 3.50. The first-order chi connectivity index (χ1) is 12.2. The Labute approximate surface area is 154 Å². The quantitative estimate of drug-likeness (QED) is 0.395. The molecule has 0 spiro atoms. The van der Waals surface area contributed by atoms with Gasteiger partial charge >= 0.3 is 11.8 Å². The molecule has 0 saturated carbocycles. The standard InChI is InChI=1S/C19H28N4O3/c1-12(2)11-20-18(25)19(26)23-22-14(5)10-17(24)21-16-8-6-15(7-9-16)13(3)4/h6-9,12-13H,10-11H2,1-5H3,(H,20,25)(H,21,24)(H,23,26)/b22-14+. The molecule has 0 fully saturated rings. The minimum Gasteiger partial charge on any atom is -0.348 e. The molecular weight excluding hydrogens is 332 g/mol. The third-order valence-corrected chi connectivity index (χ3v) is 3.50. The van der Waals surface area contributed by atoms with E-state index in [1.807, 2.05) is 38.1 Å². The van der Waals surface area contributed by atoms with E-state index in [0.717, 1.165) is 0 Å². The van der Waals surface area contributed by atoms with E-state index in [2.05, 4.69) is 35.0 Å². The Hall–Kier alpha value is -2.70. The molecule has 0 aliphatic carbocycles. The molecule has 1 rings (SSSR count). The van der Waals surface area contributed by atoms with Crippen LogP contribution in [0.4, 0.5) is 5.69 Å². The van der Waals surface area contributed by atoms with Gasteiger partial charge in [-0.2, -0.15) is 5.10 Å². The number of amides is 3. The van der Waals surface area contributed by atoms with E-state index >= 15 is 0 Å². The summed E-state index contributed by atoms with van der Waals surface area (Å²) in [7, 11) is 0. The van der Waals surface area contributed by atoms with Crippen molar-refractivity contribution in [2.75, 3.05) is 11.9 Å². The molecule has 142 valence electrons. The number of anilines is 1. The monoisotopic (exact) mass is 360 g/mol. The summed E-state index contributed by atoms with van der Waals surface area (Å²) in [6, 6.07) is 7.63. The molecule has 0 aromatic heterocycles. The summed E-state index contributed by atoms with van der Waals surface area (Å²) in [6.45, 7) is 10.1. The lowest BCUT2D eigenvalue weighted by Gasteiger charge is -2.09. The summed E-state index contributed by atoms with van der Waals surface area (Å²) < 4.78 is 0. The summed E-state index contributed by atoms with van der Waals surface area (Å²) in [6.07, 6.45) is 0.0137. The highest BCUT2D eigenvalue weighted by Gasteiger charge is 2.13. The van der Waals surface area contributed by atoms with Crippen molar-refractivity contribution in [1.82, 2.24) is 10.7 Å². The second-order valence-corrected chi connectivity index (χ2v) is 6.89. The summed E-state index contributed by atoms with van der Waals surface area (Å²) in [4.78, 5) is 35.1. The number of hydrogen-bond donors (Lipinski definition) is 3. The molecular formula is C19H28N4O3. The van der Waals surface area contributed by atoms with E-state index in [0.29, 0.717) is 23.9 Å². The SMILES string of the molecule is C/C(CC(=O)Nc1ccc(C(C)C)cc1)=N\NC(=O)C(=O)NCC(C)C. The molecule has 7 heteroatoms. The normalized spacial score (nSPS) is 11.4. The second kappa shape index (κ2) is 10.3. The van der Waals surface area contributed by atoms with Gasteiger partial charge in [-0.3, -0.25) is 14.4 Å². The molecule has 0 radical (unpaired) electrons. The van der Waals surface area contributed by atoms with Crippen LogP contribution in [0.25, 0.3) is 0 Å². The van der Waals surface area contributed by atoms with Gasteiger partial charge in [-0.25, -0.2) is 5.43 Å². The van der Waals surface area contributed by atoms with E-state index in [4.69, 9.17) is 0 Å². The van der Waals surface area contributed by atoms with Gasteiger partial charge in [0.15, 0.2) is 0 Å². The van der Waals surface area contributed by atoms with E-state index in [1.165, 1.54) is 5.56 Å². The van der Waals surface area contributed by atoms with Crippen LogP contribution in [0.15, 0.2) is 29.4 Å². The number of carbonyl (C=O) groups is 3. The van der Waals surface area contributed by atoms with Gasteiger partial charge in [-0.15, -0.1) is 0 Å². The second-order valence-electron chi connectivity index (χ2n) is 6.89. The molecule has 0 unspecified atom stereocenters. The van der Waals surface area contributed by atoms with Crippen LogP contribution >= 0.6 is 0 Å². The third kappa shape index (κ3) is 7.92. The molecule has 26 heavy (non-hydrogen) atoms. The number of carbonyl (C=O) groups excluding carboxylic acids is 3. The van der Waals surface area contributed by atoms with E-state index in [9.17, 15) is 14.4 Å². The Kier molecular flexibility index (Phi) is 8.48. The van der Waals surface area contributed by atoms with E-state index in [-0.39, 0.29) is 18.2 Å². The highest BCUT2D eigenvalue weighted by molar-refractivity contribution is 6.35. The predicted octanol–water partition coefficient (Wildman–Crippen LogP) is 2.40. The maximum Gasteiger partial charge on any atom is 0.329 e. The number of nitrogens with one attached hydrogen (secondary N) is 3. The van der Waals surface area contributed by atoms with Gasteiger partial charge in [-0.1, -0.05) is 39.8 Å². The fraction of sp³-hybridized carbons (Fsp3) is 0.474. The van der Waals surface area contributed by atoms with Crippen molar-refractivity contribution in [3.8, 4) is 0 Å². The summed E-state index contributed by atoms with van der Waals surface area (Å²) >= 11 is 0. The minimum atomic E-state index is -0.852. The number of hydrogen-bond acceptors (Lipinski definition) is 4. The zero-order valence-corrected chi connectivity index (χ0v) is 16.1. The van der Waals surface area contributed by atoms with Crippen LogP contribution in [0.2, 0.25) is 0 Å². The smallest absolute Gasteiger partial charge is 0.329 e.